The lowest BCUT2D eigenvalue weighted by Gasteiger charge is -2.28. The van der Waals surface area contributed by atoms with Crippen LogP contribution in [0.4, 0.5) is 4.79 Å². The molecular weight excluding hydrogens is 358 g/mol. The van der Waals surface area contributed by atoms with Crippen molar-refractivity contribution in [3.63, 3.8) is 0 Å². The normalized spacial score (nSPS) is 12.6. The zero-order chi connectivity index (χ0) is 19.7. The summed E-state index contributed by atoms with van der Waals surface area (Å²) in [6.45, 7) is 12.3. The van der Waals surface area contributed by atoms with Gasteiger partial charge in [0, 0.05) is 39.5 Å². The molecule has 1 amide bonds. The van der Waals surface area contributed by atoms with E-state index in [9.17, 15) is 4.79 Å². The van der Waals surface area contributed by atoms with Crippen LogP contribution in [0, 0.1) is 0 Å². The van der Waals surface area contributed by atoms with Crippen molar-refractivity contribution in [1.29, 1.82) is 0 Å². The minimum atomic E-state index is -2.68. The van der Waals surface area contributed by atoms with Crippen LogP contribution < -0.4 is 5.32 Å². The van der Waals surface area contributed by atoms with Gasteiger partial charge in [-0.25, -0.2) is 4.79 Å². The predicted octanol–water partition coefficient (Wildman–Crippen LogP) is 2.37. The van der Waals surface area contributed by atoms with Crippen LogP contribution >= 0.6 is 0 Å². The number of rotatable bonds is 17. The van der Waals surface area contributed by atoms with E-state index < -0.39 is 21.0 Å². The summed E-state index contributed by atoms with van der Waals surface area (Å²) < 4.78 is 33.0. The Kier molecular flexibility index (Phi) is 15.6. The lowest BCUT2D eigenvalue weighted by molar-refractivity contribution is -0.0113. The molecule has 0 radical (unpaired) electrons. The molecule has 0 fully saturated rings. The van der Waals surface area contributed by atoms with E-state index in [0.717, 1.165) is 0 Å². The van der Waals surface area contributed by atoms with E-state index in [1.807, 2.05) is 20.8 Å². The van der Waals surface area contributed by atoms with E-state index in [1.165, 1.54) is 0 Å². The molecule has 0 aromatic carbocycles. The van der Waals surface area contributed by atoms with Crippen molar-refractivity contribution < 1.29 is 32.3 Å². The molecule has 0 spiro atoms. The molecule has 0 saturated carbocycles. The quantitative estimate of drug-likeness (QED) is 0.231. The Hall–Kier alpha value is -0.973. The third-order valence-electron chi connectivity index (χ3n) is 3.19. The summed E-state index contributed by atoms with van der Waals surface area (Å²) in [5.74, 6) is 0. The van der Waals surface area contributed by atoms with Crippen LogP contribution in [-0.4, -0.2) is 74.3 Å². The van der Waals surface area contributed by atoms with E-state index in [-0.39, 0.29) is 13.2 Å². The molecule has 1 unspecified atom stereocenters. The van der Waals surface area contributed by atoms with Gasteiger partial charge in [-0.2, -0.15) is 0 Å². The molecule has 0 aliphatic heterocycles. The molecule has 154 valence electrons. The Morgan fingerprint density at radius 1 is 1.12 bits per heavy atom. The number of hydrogen-bond donors (Lipinski definition) is 1. The highest BCUT2D eigenvalue weighted by Gasteiger charge is 2.39. The summed E-state index contributed by atoms with van der Waals surface area (Å²) in [7, 11) is -1.13. The first-order chi connectivity index (χ1) is 12.6. The van der Waals surface area contributed by atoms with Crippen LogP contribution in [0.15, 0.2) is 12.7 Å². The Balaban J connectivity index is 4.28. The Morgan fingerprint density at radius 2 is 1.73 bits per heavy atom. The number of ether oxygens (including phenoxy) is 3. The Labute approximate surface area is 158 Å². The van der Waals surface area contributed by atoms with Gasteiger partial charge in [0.25, 0.3) is 0 Å². The van der Waals surface area contributed by atoms with Gasteiger partial charge >= 0.3 is 14.9 Å². The number of carbonyl (C=O) groups is 1. The molecule has 26 heavy (non-hydrogen) atoms. The van der Waals surface area contributed by atoms with Crippen molar-refractivity contribution in [3.05, 3.63) is 12.7 Å². The molecule has 0 bridgehead atoms. The maximum absolute atomic E-state index is 11.9. The molecule has 0 heterocycles. The third kappa shape index (κ3) is 11.6. The standard InChI is InChI=1S/C17H35NO7Si/c1-6-12-21-15-16(14-20-5)25-17(19)18-11-10-13-26(22-7-2,23-8-3)24-9-4/h6,16H,1,7-15H2,2-5H3,(H,18,19). The first-order valence-corrected chi connectivity index (χ1v) is 11.0. The molecule has 0 aromatic heterocycles. The van der Waals surface area contributed by atoms with Gasteiger partial charge in [0.1, 0.15) is 0 Å². The van der Waals surface area contributed by atoms with Gasteiger partial charge in [0.15, 0.2) is 6.10 Å². The molecule has 0 rings (SSSR count). The first-order valence-electron chi connectivity index (χ1n) is 9.11. The lowest BCUT2D eigenvalue weighted by Crippen LogP contribution is -2.46. The van der Waals surface area contributed by atoms with Crippen LogP contribution in [0.25, 0.3) is 0 Å². The van der Waals surface area contributed by atoms with Crippen molar-refractivity contribution in [2.45, 2.75) is 39.3 Å². The third-order valence-corrected chi connectivity index (χ3v) is 6.34. The maximum atomic E-state index is 11.9. The first kappa shape index (κ1) is 25.0. The van der Waals surface area contributed by atoms with Gasteiger partial charge < -0.3 is 32.8 Å². The van der Waals surface area contributed by atoms with Crippen LogP contribution in [0.3, 0.4) is 0 Å². The van der Waals surface area contributed by atoms with Crippen molar-refractivity contribution in [1.82, 2.24) is 5.32 Å². The van der Waals surface area contributed by atoms with E-state index >= 15 is 0 Å². The summed E-state index contributed by atoms with van der Waals surface area (Å²) in [6, 6.07) is 0.632. The zero-order valence-electron chi connectivity index (χ0n) is 16.6. The summed E-state index contributed by atoms with van der Waals surface area (Å²) in [6.07, 6.45) is 1.33. The highest BCUT2D eigenvalue weighted by Crippen LogP contribution is 2.17. The second-order valence-electron chi connectivity index (χ2n) is 5.32. The number of hydrogen-bond acceptors (Lipinski definition) is 7. The molecule has 0 saturated heterocycles. The van der Waals surface area contributed by atoms with E-state index in [1.54, 1.807) is 13.2 Å². The van der Waals surface area contributed by atoms with Gasteiger partial charge in [-0.1, -0.05) is 6.08 Å². The van der Waals surface area contributed by atoms with Gasteiger partial charge in [0.05, 0.1) is 19.8 Å². The number of carbonyl (C=O) groups excluding carboxylic acids is 1. The van der Waals surface area contributed by atoms with Crippen LogP contribution in [0.1, 0.15) is 27.2 Å². The predicted molar refractivity (Wildman–Crippen MR) is 101 cm³/mol. The van der Waals surface area contributed by atoms with Crippen LogP contribution in [0.2, 0.25) is 6.04 Å². The molecule has 1 N–H and O–H groups in total. The second kappa shape index (κ2) is 16.2. The van der Waals surface area contributed by atoms with Gasteiger partial charge in [0.2, 0.25) is 0 Å². The number of methoxy groups -OCH3 is 1. The topological polar surface area (TPSA) is 84.5 Å². The van der Waals surface area contributed by atoms with Crippen LogP contribution in [0.5, 0.6) is 0 Å². The average molecular weight is 394 g/mol. The Bertz CT molecular complexity index is 354. The molecule has 0 aromatic rings. The molecule has 0 aliphatic rings. The maximum Gasteiger partial charge on any atom is 0.500 e. The highest BCUT2D eigenvalue weighted by molar-refractivity contribution is 6.60. The molecule has 8 nitrogen and oxygen atoms in total. The lowest BCUT2D eigenvalue weighted by atomic mass is 10.4. The number of nitrogens with one attached hydrogen (secondary N) is 1. The van der Waals surface area contributed by atoms with Crippen molar-refractivity contribution in [2.24, 2.45) is 0 Å². The highest BCUT2D eigenvalue weighted by atomic mass is 28.4. The Morgan fingerprint density at radius 3 is 2.23 bits per heavy atom. The van der Waals surface area contributed by atoms with E-state index in [2.05, 4.69) is 11.9 Å². The molecule has 0 aliphatic carbocycles. The van der Waals surface area contributed by atoms with Crippen LogP contribution in [-0.2, 0) is 27.5 Å². The van der Waals surface area contributed by atoms with Crippen molar-refractivity contribution >= 4 is 14.9 Å². The molecule has 1 atom stereocenters. The minimum absolute atomic E-state index is 0.252. The summed E-state index contributed by atoms with van der Waals surface area (Å²) in [4.78, 5) is 11.9. The fourth-order valence-electron chi connectivity index (χ4n) is 2.27. The zero-order valence-corrected chi connectivity index (χ0v) is 17.6. The second-order valence-corrected chi connectivity index (χ2v) is 8.05. The van der Waals surface area contributed by atoms with Gasteiger partial charge in [-0.05, 0) is 27.2 Å². The largest absolute Gasteiger partial charge is 0.500 e. The SMILES string of the molecule is C=CCOCC(COC)OC(=O)NCCC[Si](OCC)(OCC)OCC. The monoisotopic (exact) mass is 393 g/mol. The molecular formula is C17H35NO7Si. The number of amides is 1. The molecule has 9 heteroatoms. The summed E-state index contributed by atoms with van der Waals surface area (Å²) in [5.41, 5.74) is 0. The fourth-order valence-corrected chi connectivity index (χ4v) is 4.89. The fraction of sp³-hybridized carbons (Fsp3) is 0.824. The van der Waals surface area contributed by atoms with E-state index in [4.69, 9.17) is 27.5 Å². The summed E-state index contributed by atoms with van der Waals surface area (Å²) in [5, 5.41) is 2.72. The average Bonchev–Trinajstić information content (AvgIpc) is 2.60. The van der Waals surface area contributed by atoms with E-state index in [0.29, 0.717) is 45.4 Å². The smallest absolute Gasteiger partial charge is 0.441 e. The van der Waals surface area contributed by atoms with Crippen molar-refractivity contribution in [3.8, 4) is 0 Å². The van der Waals surface area contributed by atoms with Crippen molar-refractivity contribution in [2.75, 3.05) is 53.3 Å². The minimum Gasteiger partial charge on any atom is -0.441 e. The van der Waals surface area contributed by atoms with Gasteiger partial charge in [-0.15, -0.1) is 6.58 Å². The summed E-state index contributed by atoms with van der Waals surface area (Å²) >= 11 is 0. The van der Waals surface area contributed by atoms with Gasteiger partial charge in [-0.3, -0.25) is 0 Å². The number of alkyl carbamates (subject to hydrolysis) is 1.